The van der Waals surface area contributed by atoms with Gasteiger partial charge in [-0.2, -0.15) is 0 Å². The third kappa shape index (κ3) is 2.72. The molecule has 0 aliphatic carbocycles. The van der Waals surface area contributed by atoms with Crippen molar-refractivity contribution in [2.24, 2.45) is 0 Å². The zero-order valence-corrected chi connectivity index (χ0v) is 15.9. The summed E-state index contributed by atoms with van der Waals surface area (Å²) in [5, 5.41) is 11.8. The minimum absolute atomic E-state index is 0.115. The van der Waals surface area contributed by atoms with Crippen molar-refractivity contribution < 1.29 is 14.2 Å². The van der Waals surface area contributed by atoms with Crippen molar-refractivity contribution >= 4 is 27.5 Å². The van der Waals surface area contributed by atoms with Gasteiger partial charge in [-0.3, -0.25) is 0 Å². The van der Waals surface area contributed by atoms with E-state index in [0.717, 1.165) is 12.8 Å². The lowest BCUT2D eigenvalue weighted by molar-refractivity contribution is 0.413. The molecule has 0 aliphatic rings. The summed E-state index contributed by atoms with van der Waals surface area (Å²) in [7, 11) is 1.51. The number of halogens is 1. The van der Waals surface area contributed by atoms with Crippen LogP contribution >= 0.6 is 0 Å². The van der Waals surface area contributed by atoms with E-state index >= 15 is 0 Å². The van der Waals surface area contributed by atoms with E-state index < -0.39 is 5.82 Å². The SMILES string of the molecule is CCCCn1cc2nc3c(-c4c(F)cccc4OC)cccc3c(N)c2c1O. The fourth-order valence-electron chi connectivity index (χ4n) is 3.65. The van der Waals surface area contributed by atoms with E-state index in [1.54, 1.807) is 35.0 Å². The summed E-state index contributed by atoms with van der Waals surface area (Å²) in [6.07, 6.45) is 3.74. The molecule has 0 fully saturated rings. The topological polar surface area (TPSA) is 73.3 Å². The number of methoxy groups -OCH3 is 1. The number of benzene rings is 2. The Labute approximate surface area is 162 Å². The number of aromatic hydroxyl groups is 1. The standard InChI is InChI=1S/C22H22FN3O2/c1-3-4-11-26-12-16-19(22(26)27)20(24)14-8-5-7-13(21(14)25-16)18-15(23)9-6-10-17(18)28-2/h5-10,12,27H,3-4,11,24H2,1-2H3. The summed E-state index contributed by atoms with van der Waals surface area (Å²) in [5.41, 5.74) is 8.95. The molecule has 2 heterocycles. The van der Waals surface area contributed by atoms with Crippen molar-refractivity contribution in [1.29, 1.82) is 0 Å². The molecule has 2 aromatic heterocycles. The van der Waals surface area contributed by atoms with Crippen molar-refractivity contribution in [3.8, 4) is 22.8 Å². The fourth-order valence-corrected chi connectivity index (χ4v) is 3.65. The Kier molecular flexibility index (Phi) is 4.55. The third-order valence-electron chi connectivity index (χ3n) is 5.07. The summed E-state index contributed by atoms with van der Waals surface area (Å²) >= 11 is 0. The predicted octanol–water partition coefficient (Wildman–Crippen LogP) is 5.09. The summed E-state index contributed by atoms with van der Waals surface area (Å²) in [6, 6.07) is 10.2. The van der Waals surface area contributed by atoms with Crippen LogP contribution in [0.1, 0.15) is 19.8 Å². The lowest BCUT2D eigenvalue weighted by Crippen LogP contribution is -1.96. The first kappa shape index (κ1) is 18.1. The van der Waals surface area contributed by atoms with Crippen LogP contribution in [0, 0.1) is 5.82 Å². The van der Waals surface area contributed by atoms with Crippen molar-refractivity contribution in [3.05, 3.63) is 48.4 Å². The number of aromatic nitrogens is 2. The van der Waals surface area contributed by atoms with Gasteiger partial charge in [0.15, 0.2) is 0 Å². The van der Waals surface area contributed by atoms with Gasteiger partial charge in [-0.25, -0.2) is 9.37 Å². The smallest absolute Gasteiger partial charge is 0.202 e. The van der Waals surface area contributed by atoms with Gasteiger partial charge in [-0.1, -0.05) is 37.6 Å². The van der Waals surface area contributed by atoms with E-state index in [-0.39, 0.29) is 5.88 Å². The number of hydrogen-bond acceptors (Lipinski definition) is 4. The molecular weight excluding hydrogens is 357 g/mol. The number of pyridine rings is 1. The van der Waals surface area contributed by atoms with Gasteiger partial charge in [0.25, 0.3) is 0 Å². The number of hydrogen-bond donors (Lipinski definition) is 2. The maximum absolute atomic E-state index is 14.7. The van der Waals surface area contributed by atoms with E-state index in [2.05, 4.69) is 6.92 Å². The normalized spacial score (nSPS) is 11.4. The van der Waals surface area contributed by atoms with Gasteiger partial charge in [-0.05, 0) is 18.6 Å². The first-order chi connectivity index (χ1) is 13.6. The zero-order valence-electron chi connectivity index (χ0n) is 15.9. The third-order valence-corrected chi connectivity index (χ3v) is 5.07. The van der Waals surface area contributed by atoms with Crippen LogP contribution in [-0.4, -0.2) is 21.8 Å². The summed E-state index contributed by atoms with van der Waals surface area (Å²) in [6.45, 7) is 2.78. The van der Waals surface area contributed by atoms with E-state index in [9.17, 15) is 9.50 Å². The van der Waals surface area contributed by atoms with Crippen LogP contribution in [-0.2, 0) is 6.54 Å². The van der Waals surface area contributed by atoms with Gasteiger partial charge in [0.05, 0.1) is 34.8 Å². The molecular formula is C22H22FN3O2. The summed E-state index contributed by atoms with van der Waals surface area (Å²) < 4.78 is 21.8. The number of aryl methyl sites for hydroxylation is 1. The highest BCUT2D eigenvalue weighted by Crippen LogP contribution is 2.41. The Morgan fingerprint density at radius 1 is 1.21 bits per heavy atom. The average Bonchev–Trinajstić information content (AvgIpc) is 3.02. The Bertz CT molecular complexity index is 1180. The second kappa shape index (κ2) is 7.03. The van der Waals surface area contributed by atoms with Gasteiger partial charge in [0.1, 0.15) is 11.6 Å². The van der Waals surface area contributed by atoms with Gasteiger partial charge in [-0.15, -0.1) is 0 Å². The molecule has 2 aromatic carbocycles. The van der Waals surface area contributed by atoms with E-state index in [1.165, 1.54) is 13.2 Å². The molecule has 144 valence electrons. The predicted molar refractivity (Wildman–Crippen MR) is 110 cm³/mol. The lowest BCUT2D eigenvalue weighted by atomic mass is 9.99. The molecule has 0 atom stereocenters. The highest BCUT2D eigenvalue weighted by Gasteiger charge is 2.20. The highest BCUT2D eigenvalue weighted by atomic mass is 19.1. The number of anilines is 1. The highest BCUT2D eigenvalue weighted by molar-refractivity contribution is 6.12. The second-order valence-electron chi connectivity index (χ2n) is 6.80. The average molecular weight is 379 g/mol. The van der Waals surface area contributed by atoms with Gasteiger partial charge >= 0.3 is 0 Å². The van der Waals surface area contributed by atoms with Crippen molar-refractivity contribution in [2.75, 3.05) is 12.8 Å². The van der Waals surface area contributed by atoms with E-state index in [1.807, 2.05) is 6.07 Å². The quantitative estimate of drug-likeness (QED) is 0.506. The van der Waals surface area contributed by atoms with Crippen LogP contribution in [0.5, 0.6) is 11.6 Å². The molecule has 0 radical (unpaired) electrons. The Hall–Kier alpha value is -3.28. The van der Waals surface area contributed by atoms with E-state index in [4.69, 9.17) is 15.5 Å². The maximum atomic E-state index is 14.7. The second-order valence-corrected chi connectivity index (χ2v) is 6.80. The zero-order chi connectivity index (χ0) is 19.8. The molecule has 0 saturated heterocycles. The Morgan fingerprint density at radius 3 is 2.75 bits per heavy atom. The number of nitrogens with zero attached hydrogens (tertiary/aromatic N) is 2. The Balaban J connectivity index is 2.04. The first-order valence-corrected chi connectivity index (χ1v) is 9.29. The van der Waals surface area contributed by atoms with Crippen LogP contribution in [0.25, 0.3) is 32.9 Å². The first-order valence-electron chi connectivity index (χ1n) is 9.29. The minimum Gasteiger partial charge on any atom is -0.496 e. The Morgan fingerprint density at radius 2 is 2.00 bits per heavy atom. The van der Waals surface area contributed by atoms with Gasteiger partial charge < -0.3 is 20.1 Å². The number of ether oxygens (including phenoxy) is 1. The molecule has 0 amide bonds. The maximum Gasteiger partial charge on any atom is 0.202 e. The number of para-hydroxylation sites is 1. The lowest BCUT2D eigenvalue weighted by Gasteiger charge is -2.13. The molecule has 0 spiro atoms. The van der Waals surface area contributed by atoms with Crippen LogP contribution in [0.4, 0.5) is 10.1 Å². The molecule has 4 aromatic rings. The summed E-state index contributed by atoms with van der Waals surface area (Å²) in [5.74, 6) is 0.149. The van der Waals surface area contributed by atoms with Crippen LogP contribution in [0.3, 0.4) is 0 Å². The van der Waals surface area contributed by atoms with Crippen molar-refractivity contribution in [2.45, 2.75) is 26.3 Å². The molecule has 0 bridgehead atoms. The number of unbranched alkanes of at least 4 members (excludes halogenated alkanes) is 1. The van der Waals surface area contributed by atoms with Crippen LogP contribution in [0.2, 0.25) is 0 Å². The monoisotopic (exact) mass is 379 g/mol. The van der Waals surface area contributed by atoms with Gasteiger partial charge in [0, 0.05) is 23.7 Å². The van der Waals surface area contributed by atoms with E-state index in [0.29, 0.717) is 50.9 Å². The number of rotatable bonds is 5. The number of nitrogen functional groups attached to an aromatic ring is 1. The molecule has 6 heteroatoms. The van der Waals surface area contributed by atoms with Gasteiger partial charge in [0.2, 0.25) is 5.88 Å². The molecule has 28 heavy (non-hydrogen) atoms. The van der Waals surface area contributed by atoms with Crippen molar-refractivity contribution in [3.63, 3.8) is 0 Å². The molecule has 5 nitrogen and oxygen atoms in total. The molecule has 0 aliphatic heterocycles. The molecule has 4 rings (SSSR count). The number of nitrogens with two attached hydrogens (primary N) is 1. The van der Waals surface area contributed by atoms with Crippen LogP contribution in [0.15, 0.2) is 42.6 Å². The molecule has 0 saturated carbocycles. The fraction of sp³-hybridized carbons (Fsp3) is 0.227. The van der Waals surface area contributed by atoms with Crippen molar-refractivity contribution in [1.82, 2.24) is 9.55 Å². The number of fused-ring (bicyclic) bond motifs is 2. The molecule has 0 unspecified atom stereocenters. The summed E-state index contributed by atoms with van der Waals surface area (Å²) in [4.78, 5) is 4.74. The minimum atomic E-state index is -0.393. The largest absolute Gasteiger partial charge is 0.496 e. The van der Waals surface area contributed by atoms with Crippen LogP contribution < -0.4 is 10.5 Å². The molecule has 3 N–H and O–H groups in total.